The topological polar surface area (TPSA) is 53.7 Å². The van der Waals surface area contributed by atoms with Gasteiger partial charge in [0, 0.05) is 32.8 Å². The van der Waals surface area contributed by atoms with E-state index in [0.717, 1.165) is 51.9 Å². The summed E-state index contributed by atoms with van der Waals surface area (Å²) in [6, 6.07) is 0. The van der Waals surface area contributed by atoms with Gasteiger partial charge in [-0.05, 0) is 32.6 Å². The smallest absolute Gasteiger partial charge is 0.0777 e. The minimum atomic E-state index is -0.186. The van der Waals surface area contributed by atoms with E-state index >= 15 is 0 Å². The van der Waals surface area contributed by atoms with Gasteiger partial charge in [0.25, 0.3) is 0 Å². The van der Waals surface area contributed by atoms with E-state index in [-0.39, 0.29) is 17.3 Å². The molecule has 1 spiro atoms. The lowest BCUT2D eigenvalue weighted by atomic mass is 9.85. The van der Waals surface area contributed by atoms with Gasteiger partial charge in [-0.25, -0.2) is 0 Å². The molecule has 0 saturated carbocycles. The van der Waals surface area contributed by atoms with Crippen LogP contribution in [0.25, 0.3) is 0 Å². The summed E-state index contributed by atoms with van der Waals surface area (Å²) >= 11 is 0. The van der Waals surface area contributed by atoms with Crippen LogP contribution in [-0.2, 0) is 14.2 Å². The Bertz CT molecular complexity index is 254. The van der Waals surface area contributed by atoms with Crippen LogP contribution < -0.4 is 5.73 Å². The number of hydrogen-bond acceptors (Lipinski definition) is 4. The predicted molar refractivity (Wildman–Crippen MR) is 70.6 cm³/mol. The Morgan fingerprint density at radius 3 is 2.67 bits per heavy atom. The second-order valence-corrected chi connectivity index (χ2v) is 5.88. The Labute approximate surface area is 110 Å². The van der Waals surface area contributed by atoms with E-state index in [9.17, 15) is 0 Å². The SMILES string of the molecule is CCC(C)(CN)OC1CCOC2(CCOCC2)C1. The fourth-order valence-electron chi connectivity index (χ4n) is 2.85. The zero-order valence-electron chi connectivity index (χ0n) is 11.7. The van der Waals surface area contributed by atoms with Gasteiger partial charge in [0.1, 0.15) is 0 Å². The average Bonchev–Trinajstić information content (AvgIpc) is 2.39. The largest absolute Gasteiger partial charge is 0.381 e. The van der Waals surface area contributed by atoms with Crippen LogP contribution in [0.1, 0.15) is 46.0 Å². The van der Waals surface area contributed by atoms with Crippen LogP contribution in [0.4, 0.5) is 0 Å². The highest BCUT2D eigenvalue weighted by atomic mass is 16.5. The number of nitrogens with two attached hydrogens (primary N) is 1. The zero-order chi connectivity index (χ0) is 13.1. The molecule has 2 N–H and O–H groups in total. The van der Waals surface area contributed by atoms with Gasteiger partial charge in [-0.1, -0.05) is 6.92 Å². The third kappa shape index (κ3) is 3.23. The monoisotopic (exact) mass is 257 g/mol. The summed E-state index contributed by atoms with van der Waals surface area (Å²) in [5.74, 6) is 0. The summed E-state index contributed by atoms with van der Waals surface area (Å²) < 4.78 is 17.7. The minimum Gasteiger partial charge on any atom is -0.381 e. The molecule has 2 atom stereocenters. The highest BCUT2D eigenvalue weighted by Gasteiger charge is 2.41. The van der Waals surface area contributed by atoms with Crippen molar-refractivity contribution in [1.82, 2.24) is 0 Å². The molecule has 106 valence electrons. The van der Waals surface area contributed by atoms with Crippen LogP contribution in [-0.4, -0.2) is 43.7 Å². The van der Waals surface area contributed by atoms with Gasteiger partial charge in [-0.15, -0.1) is 0 Å². The third-order valence-corrected chi connectivity index (χ3v) is 4.48. The van der Waals surface area contributed by atoms with Crippen molar-refractivity contribution in [3.63, 3.8) is 0 Å². The molecule has 0 aliphatic carbocycles. The zero-order valence-corrected chi connectivity index (χ0v) is 11.7. The summed E-state index contributed by atoms with van der Waals surface area (Å²) in [7, 11) is 0. The van der Waals surface area contributed by atoms with Crippen LogP contribution in [0, 0.1) is 0 Å². The van der Waals surface area contributed by atoms with E-state index in [4.69, 9.17) is 19.9 Å². The summed E-state index contributed by atoms with van der Waals surface area (Å²) in [6.07, 6.45) is 5.21. The van der Waals surface area contributed by atoms with Crippen molar-refractivity contribution >= 4 is 0 Å². The maximum Gasteiger partial charge on any atom is 0.0777 e. The van der Waals surface area contributed by atoms with Gasteiger partial charge in [0.15, 0.2) is 0 Å². The number of rotatable bonds is 4. The van der Waals surface area contributed by atoms with Crippen LogP contribution in [0.5, 0.6) is 0 Å². The van der Waals surface area contributed by atoms with Crippen LogP contribution in [0.2, 0.25) is 0 Å². The standard InChI is InChI=1S/C14H27NO3/c1-3-13(2,11-15)18-12-4-7-17-14(10-12)5-8-16-9-6-14/h12H,3-11,15H2,1-2H3. The molecule has 0 radical (unpaired) electrons. The van der Waals surface area contributed by atoms with Crippen molar-refractivity contribution in [2.75, 3.05) is 26.4 Å². The molecule has 0 amide bonds. The first-order chi connectivity index (χ1) is 8.61. The van der Waals surface area contributed by atoms with Gasteiger partial charge in [-0.3, -0.25) is 0 Å². The number of hydrogen-bond donors (Lipinski definition) is 1. The first-order valence-electron chi connectivity index (χ1n) is 7.21. The van der Waals surface area contributed by atoms with E-state index in [0.29, 0.717) is 6.54 Å². The molecule has 2 aliphatic rings. The first-order valence-corrected chi connectivity index (χ1v) is 7.21. The fourth-order valence-corrected chi connectivity index (χ4v) is 2.85. The molecule has 2 fully saturated rings. The molecule has 0 aromatic rings. The van der Waals surface area contributed by atoms with Crippen molar-refractivity contribution in [2.24, 2.45) is 5.73 Å². The third-order valence-electron chi connectivity index (χ3n) is 4.48. The molecule has 2 heterocycles. The molecule has 2 aliphatic heterocycles. The van der Waals surface area contributed by atoms with Gasteiger partial charge >= 0.3 is 0 Å². The maximum atomic E-state index is 6.26. The Morgan fingerprint density at radius 1 is 1.33 bits per heavy atom. The van der Waals surface area contributed by atoms with Crippen LogP contribution in [0.3, 0.4) is 0 Å². The van der Waals surface area contributed by atoms with Crippen LogP contribution in [0.15, 0.2) is 0 Å². The fraction of sp³-hybridized carbons (Fsp3) is 1.00. The molecule has 0 bridgehead atoms. The molecule has 2 rings (SSSR count). The lowest BCUT2D eigenvalue weighted by molar-refractivity contribution is -0.192. The first kappa shape index (κ1) is 14.3. The molecule has 0 aromatic carbocycles. The lowest BCUT2D eigenvalue weighted by Crippen LogP contribution is -2.49. The van der Waals surface area contributed by atoms with E-state index in [1.54, 1.807) is 0 Å². The Hall–Kier alpha value is -0.160. The Kier molecular flexibility index (Phi) is 4.64. The second-order valence-electron chi connectivity index (χ2n) is 5.88. The molecular weight excluding hydrogens is 230 g/mol. The highest BCUT2D eigenvalue weighted by molar-refractivity contribution is 4.91. The quantitative estimate of drug-likeness (QED) is 0.835. The Morgan fingerprint density at radius 2 is 2.06 bits per heavy atom. The summed E-state index contributed by atoms with van der Waals surface area (Å²) in [4.78, 5) is 0. The summed E-state index contributed by atoms with van der Waals surface area (Å²) in [5.41, 5.74) is 5.65. The molecule has 18 heavy (non-hydrogen) atoms. The predicted octanol–water partition coefficient (Wildman–Crippen LogP) is 1.86. The second kappa shape index (κ2) is 5.87. The van der Waals surface area contributed by atoms with Crippen molar-refractivity contribution in [3.8, 4) is 0 Å². The van der Waals surface area contributed by atoms with E-state index < -0.39 is 0 Å². The molecule has 4 nitrogen and oxygen atoms in total. The molecule has 2 saturated heterocycles. The van der Waals surface area contributed by atoms with Crippen molar-refractivity contribution < 1.29 is 14.2 Å². The summed E-state index contributed by atoms with van der Waals surface area (Å²) in [6.45, 7) is 7.25. The van der Waals surface area contributed by atoms with E-state index in [1.165, 1.54) is 0 Å². The van der Waals surface area contributed by atoms with Gasteiger partial charge in [-0.2, -0.15) is 0 Å². The minimum absolute atomic E-state index is 0.00438. The summed E-state index contributed by atoms with van der Waals surface area (Å²) in [5, 5.41) is 0. The molecule has 4 heteroatoms. The number of ether oxygens (including phenoxy) is 3. The van der Waals surface area contributed by atoms with E-state index in [2.05, 4.69) is 13.8 Å². The lowest BCUT2D eigenvalue weighted by Gasteiger charge is -2.45. The van der Waals surface area contributed by atoms with Crippen molar-refractivity contribution in [3.05, 3.63) is 0 Å². The van der Waals surface area contributed by atoms with Crippen LogP contribution >= 0.6 is 0 Å². The Balaban J connectivity index is 1.94. The van der Waals surface area contributed by atoms with Gasteiger partial charge in [0.05, 0.1) is 17.3 Å². The average molecular weight is 257 g/mol. The van der Waals surface area contributed by atoms with Gasteiger partial charge < -0.3 is 19.9 Å². The maximum absolute atomic E-state index is 6.26. The highest BCUT2D eigenvalue weighted by Crippen LogP contribution is 2.36. The molecular formula is C14H27NO3. The van der Waals surface area contributed by atoms with Gasteiger partial charge in [0.2, 0.25) is 0 Å². The molecule has 0 aromatic heterocycles. The van der Waals surface area contributed by atoms with E-state index in [1.807, 2.05) is 0 Å². The normalized spacial score (nSPS) is 31.2. The van der Waals surface area contributed by atoms with Crippen molar-refractivity contribution in [1.29, 1.82) is 0 Å². The van der Waals surface area contributed by atoms with Crippen molar-refractivity contribution in [2.45, 2.75) is 63.3 Å². The molecule has 2 unspecified atom stereocenters.